The second kappa shape index (κ2) is 17.0. The fourth-order valence-electron chi connectivity index (χ4n) is 3.64. The van der Waals surface area contributed by atoms with Gasteiger partial charge in [-0.15, -0.1) is 0 Å². The minimum atomic E-state index is -0.420. The molecule has 218 valence electrons. The average Bonchev–Trinajstić information content (AvgIpc) is 2.99. The van der Waals surface area contributed by atoms with Gasteiger partial charge in [0.05, 0.1) is 27.4 Å². The van der Waals surface area contributed by atoms with Crippen molar-refractivity contribution in [1.82, 2.24) is 15.5 Å². The molecule has 9 heteroatoms. The standard InChI is InChI=1S/C21H28N2O5.C10H15NO/c1-23(2)10-11-28-17-8-6-15(7-9-17)14-22-21(24)16-12-18(25-3)20(27-5)19(13-16)26-4;1-8(11-2)10(12)9-6-4-3-5-7-9/h6-9,12-13H,10-11,14H2,1-5H3,(H,22,24);3-8,10-12H,1-2H3/t;8-,10-/m.0/s1. The van der Waals surface area contributed by atoms with Gasteiger partial charge in [0, 0.05) is 24.7 Å². The Balaban J connectivity index is 0.000000389. The molecule has 3 aromatic rings. The van der Waals surface area contributed by atoms with Crippen LogP contribution in [-0.4, -0.2) is 77.6 Å². The molecule has 40 heavy (non-hydrogen) atoms. The van der Waals surface area contributed by atoms with Crippen LogP contribution in [0.3, 0.4) is 0 Å². The number of nitrogens with zero attached hydrogens (tertiary/aromatic N) is 1. The number of aliphatic hydroxyl groups excluding tert-OH is 1. The van der Waals surface area contributed by atoms with Gasteiger partial charge in [-0.1, -0.05) is 42.5 Å². The third kappa shape index (κ3) is 10.1. The second-order valence-corrected chi connectivity index (χ2v) is 9.33. The van der Waals surface area contributed by atoms with E-state index in [2.05, 4.69) is 15.5 Å². The van der Waals surface area contributed by atoms with E-state index in [4.69, 9.17) is 18.9 Å². The summed E-state index contributed by atoms with van der Waals surface area (Å²) in [5.41, 5.74) is 2.36. The van der Waals surface area contributed by atoms with Crippen LogP contribution >= 0.6 is 0 Å². The zero-order valence-corrected chi connectivity index (χ0v) is 24.6. The summed E-state index contributed by atoms with van der Waals surface area (Å²) in [4.78, 5) is 14.6. The van der Waals surface area contributed by atoms with Gasteiger partial charge in [-0.05, 0) is 63.5 Å². The molecule has 2 atom stereocenters. The lowest BCUT2D eigenvalue weighted by atomic mass is 10.0. The van der Waals surface area contributed by atoms with Crippen molar-refractivity contribution in [2.75, 3.05) is 55.6 Å². The fraction of sp³-hybridized carbons (Fsp3) is 0.387. The Morgan fingerprint density at radius 3 is 2.02 bits per heavy atom. The van der Waals surface area contributed by atoms with Crippen LogP contribution in [0.4, 0.5) is 0 Å². The number of ether oxygens (including phenoxy) is 4. The highest BCUT2D eigenvalue weighted by Crippen LogP contribution is 2.38. The highest BCUT2D eigenvalue weighted by Gasteiger charge is 2.17. The van der Waals surface area contributed by atoms with Crippen LogP contribution in [-0.2, 0) is 6.54 Å². The summed E-state index contributed by atoms with van der Waals surface area (Å²) < 4.78 is 21.5. The van der Waals surface area contributed by atoms with Crippen LogP contribution < -0.4 is 29.6 Å². The molecule has 3 rings (SSSR count). The number of rotatable bonds is 13. The fourth-order valence-corrected chi connectivity index (χ4v) is 3.64. The number of likely N-dealkylation sites (N-methyl/N-ethyl adjacent to an activating group) is 2. The second-order valence-electron chi connectivity index (χ2n) is 9.33. The molecule has 0 bridgehead atoms. The topological polar surface area (TPSA) is 102 Å². The Bertz CT molecular complexity index is 1130. The molecule has 0 aliphatic carbocycles. The predicted molar refractivity (Wildman–Crippen MR) is 158 cm³/mol. The molecule has 0 saturated heterocycles. The van der Waals surface area contributed by atoms with E-state index >= 15 is 0 Å². The Labute approximate surface area is 238 Å². The van der Waals surface area contributed by atoms with Gasteiger partial charge in [0.15, 0.2) is 11.5 Å². The van der Waals surface area contributed by atoms with E-state index < -0.39 is 6.10 Å². The van der Waals surface area contributed by atoms with Crippen molar-refractivity contribution in [1.29, 1.82) is 0 Å². The number of nitrogens with one attached hydrogen (secondary N) is 2. The van der Waals surface area contributed by atoms with E-state index in [1.54, 1.807) is 12.1 Å². The first-order valence-corrected chi connectivity index (χ1v) is 13.1. The molecule has 9 nitrogen and oxygen atoms in total. The molecule has 0 heterocycles. The van der Waals surface area contributed by atoms with E-state index in [0.717, 1.165) is 23.4 Å². The maximum atomic E-state index is 12.5. The predicted octanol–water partition coefficient (Wildman–Crippen LogP) is 3.91. The molecule has 0 aliphatic heterocycles. The van der Waals surface area contributed by atoms with E-state index in [9.17, 15) is 9.90 Å². The van der Waals surface area contributed by atoms with Crippen LogP contribution in [0.5, 0.6) is 23.0 Å². The molecule has 0 fully saturated rings. The Kier molecular flexibility index (Phi) is 13.8. The lowest BCUT2D eigenvalue weighted by Crippen LogP contribution is -2.28. The van der Waals surface area contributed by atoms with Crippen LogP contribution in [0.25, 0.3) is 0 Å². The van der Waals surface area contributed by atoms with Crippen molar-refractivity contribution in [3.63, 3.8) is 0 Å². The Morgan fingerprint density at radius 2 is 1.52 bits per heavy atom. The van der Waals surface area contributed by atoms with Gasteiger partial charge >= 0.3 is 0 Å². The smallest absolute Gasteiger partial charge is 0.251 e. The summed E-state index contributed by atoms with van der Waals surface area (Å²) in [5.74, 6) is 1.90. The number of carbonyl (C=O) groups excluding carboxylic acids is 1. The number of methoxy groups -OCH3 is 3. The minimum absolute atomic E-state index is 0.0902. The molecule has 1 amide bonds. The first-order valence-electron chi connectivity index (χ1n) is 13.1. The number of hydrogen-bond acceptors (Lipinski definition) is 8. The minimum Gasteiger partial charge on any atom is -0.493 e. The molecule has 0 spiro atoms. The third-order valence-electron chi connectivity index (χ3n) is 6.18. The number of amides is 1. The van der Waals surface area contributed by atoms with Crippen LogP contribution in [0.15, 0.2) is 66.7 Å². The van der Waals surface area contributed by atoms with Crippen molar-refractivity contribution in [2.45, 2.75) is 25.6 Å². The number of hydrogen-bond donors (Lipinski definition) is 3. The highest BCUT2D eigenvalue weighted by atomic mass is 16.5. The average molecular weight is 554 g/mol. The summed E-state index contributed by atoms with van der Waals surface area (Å²) in [7, 11) is 10.4. The number of benzene rings is 3. The maximum Gasteiger partial charge on any atom is 0.251 e. The summed E-state index contributed by atoms with van der Waals surface area (Å²) in [5, 5.41) is 15.6. The zero-order chi connectivity index (χ0) is 29.5. The van der Waals surface area contributed by atoms with Gasteiger partial charge in [-0.25, -0.2) is 0 Å². The van der Waals surface area contributed by atoms with E-state index in [1.165, 1.54) is 21.3 Å². The third-order valence-corrected chi connectivity index (χ3v) is 6.18. The van der Waals surface area contributed by atoms with Gasteiger partial charge in [0.1, 0.15) is 12.4 Å². The van der Waals surface area contributed by atoms with Gasteiger partial charge in [-0.3, -0.25) is 4.79 Å². The van der Waals surface area contributed by atoms with Gasteiger partial charge in [0.2, 0.25) is 5.75 Å². The monoisotopic (exact) mass is 553 g/mol. The van der Waals surface area contributed by atoms with E-state index in [-0.39, 0.29) is 11.9 Å². The maximum absolute atomic E-state index is 12.5. The van der Waals surface area contributed by atoms with Crippen LogP contribution in [0.1, 0.15) is 34.5 Å². The largest absolute Gasteiger partial charge is 0.493 e. The molecular weight excluding hydrogens is 510 g/mol. The van der Waals surface area contributed by atoms with Crippen molar-refractivity contribution in [3.8, 4) is 23.0 Å². The molecule has 0 aromatic heterocycles. The summed E-state index contributed by atoms with van der Waals surface area (Å²) in [6.07, 6.45) is -0.420. The number of carbonyl (C=O) groups is 1. The van der Waals surface area contributed by atoms with Crippen molar-refractivity contribution < 1.29 is 28.8 Å². The van der Waals surface area contributed by atoms with Crippen molar-refractivity contribution in [2.24, 2.45) is 0 Å². The van der Waals surface area contributed by atoms with Crippen LogP contribution in [0.2, 0.25) is 0 Å². The first-order chi connectivity index (χ1) is 19.2. The SMILES string of the molecule is CN[C@@H](C)[C@H](O)c1ccccc1.COc1cc(C(=O)NCc2ccc(OCCN(C)C)cc2)cc(OC)c1OC. The Morgan fingerprint density at radius 1 is 0.925 bits per heavy atom. The van der Waals surface area contributed by atoms with Crippen molar-refractivity contribution in [3.05, 3.63) is 83.4 Å². The molecular formula is C31H43N3O6. The quantitative estimate of drug-likeness (QED) is 0.293. The van der Waals surface area contributed by atoms with Gasteiger partial charge in [0.25, 0.3) is 5.91 Å². The highest BCUT2D eigenvalue weighted by molar-refractivity contribution is 5.95. The molecule has 3 N–H and O–H groups in total. The lowest BCUT2D eigenvalue weighted by Gasteiger charge is -2.17. The number of aliphatic hydroxyl groups is 1. The molecule has 0 radical (unpaired) electrons. The summed E-state index contributed by atoms with van der Waals surface area (Å²) >= 11 is 0. The molecule has 0 aliphatic rings. The lowest BCUT2D eigenvalue weighted by molar-refractivity contribution is 0.0950. The van der Waals surface area contributed by atoms with E-state index in [1.807, 2.05) is 82.7 Å². The molecule has 0 unspecified atom stereocenters. The summed E-state index contributed by atoms with van der Waals surface area (Å²) in [6, 6.07) is 20.7. The van der Waals surface area contributed by atoms with Crippen molar-refractivity contribution >= 4 is 5.91 Å². The van der Waals surface area contributed by atoms with Gasteiger partial charge in [-0.2, -0.15) is 0 Å². The first kappa shape index (κ1) is 32.4. The van der Waals surface area contributed by atoms with Crippen LogP contribution in [0, 0.1) is 0 Å². The molecule has 0 saturated carbocycles. The normalized spacial score (nSPS) is 12.0. The van der Waals surface area contributed by atoms with E-state index in [0.29, 0.717) is 36.0 Å². The zero-order valence-electron chi connectivity index (χ0n) is 24.6. The summed E-state index contributed by atoms with van der Waals surface area (Å²) in [6.45, 7) is 3.84. The Hall–Kier alpha value is -3.79. The van der Waals surface area contributed by atoms with Gasteiger partial charge < -0.3 is 39.6 Å². The molecule has 3 aromatic carbocycles.